The lowest BCUT2D eigenvalue weighted by atomic mass is 9.97. The fourth-order valence-electron chi connectivity index (χ4n) is 4.66. The van der Waals surface area contributed by atoms with E-state index in [1.807, 2.05) is 12.4 Å². The van der Waals surface area contributed by atoms with Gasteiger partial charge in [-0.1, -0.05) is 11.9 Å². The quantitative estimate of drug-likeness (QED) is 0.641. The minimum absolute atomic E-state index is 0.377. The molecule has 2 N–H and O–H groups in total. The van der Waals surface area contributed by atoms with E-state index in [0.717, 1.165) is 50.4 Å². The van der Waals surface area contributed by atoms with E-state index in [9.17, 15) is 0 Å². The molecule has 0 saturated carbocycles. The van der Waals surface area contributed by atoms with E-state index in [1.165, 1.54) is 22.3 Å². The van der Waals surface area contributed by atoms with Gasteiger partial charge in [0, 0.05) is 67.2 Å². The van der Waals surface area contributed by atoms with Gasteiger partial charge in [-0.05, 0) is 38.2 Å². The first kappa shape index (κ1) is 18.7. The van der Waals surface area contributed by atoms with E-state index >= 15 is 0 Å². The molecule has 1 saturated heterocycles. The highest BCUT2D eigenvalue weighted by atomic mass is 32.2. The van der Waals surface area contributed by atoms with Gasteiger partial charge in [-0.25, -0.2) is 15.0 Å². The average molecular weight is 410 g/mol. The predicted molar refractivity (Wildman–Crippen MR) is 119 cm³/mol. The number of nitrogens with zero attached hydrogens (tertiary/aromatic N) is 5. The lowest BCUT2D eigenvalue weighted by Gasteiger charge is -2.39. The molecule has 5 heterocycles. The largest absolute Gasteiger partial charge is 0.363 e. The number of hydrogen-bond donors (Lipinski definition) is 2. The Hall–Kier alpha value is -2.32. The summed E-state index contributed by atoms with van der Waals surface area (Å²) in [4.78, 5) is 22.0. The maximum Gasteiger partial charge on any atom is 0.139 e. The molecule has 0 aliphatic carbocycles. The minimum Gasteiger partial charge on any atom is -0.363 e. The summed E-state index contributed by atoms with van der Waals surface area (Å²) in [5.41, 5.74) is 4.64. The number of hydrogen-bond acceptors (Lipinski definition) is 7. The maximum absolute atomic E-state index is 4.74. The third-order valence-corrected chi connectivity index (χ3v) is 6.76. The molecule has 0 aromatic carbocycles. The molecular formula is C21H27N7S. The first-order chi connectivity index (χ1) is 14.2. The summed E-state index contributed by atoms with van der Waals surface area (Å²) in [6, 6.07) is 5.21. The van der Waals surface area contributed by atoms with Crippen LogP contribution < -0.4 is 14.5 Å². The standard InChI is InChI=1S/C21H27N7S/c1-14-11-18-17(12-28(14)19-4-8-23-20-16(19)3-7-22-20)21(25-13-24-18)27-9-5-15(6-10-27)26-29-2/h3-4,7-8,13-15,26H,5-6,9-12H2,1-2H3,(H,22,23). The Kier molecular flexibility index (Phi) is 5.05. The van der Waals surface area contributed by atoms with Crippen LogP contribution in [0.15, 0.2) is 30.9 Å². The molecular weight excluding hydrogens is 382 g/mol. The van der Waals surface area contributed by atoms with E-state index in [0.29, 0.717) is 12.1 Å². The summed E-state index contributed by atoms with van der Waals surface area (Å²) in [6.07, 6.45) is 10.9. The Morgan fingerprint density at radius 3 is 2.86 bits per heavy atom. The summed E-state index contributed by atoms with van der Waals surface area (Å²) in [7, 11) is 0. The van der Waals surface area contributed by atoms with Crippen molar-refractivity contribution in [2.75, 3.05) is 29.1 Å². The molecule has 0 spiro atoms. The van der Waals surface area contributed by atoms with Crippen LogP contribution in [0.25, 0.3) is 11.0 Å². The number of fused-ring (bicyclic) bond motifs is 2. The number of nitrogens with one attached hydrogen (secondary N) is 2. The van der Waals surface area contributed by atoms with Gasteiger partial charge in [0.25, 0.3) is 0 Å². The van der Waals surface area contributed by atoms with Gasteiger partial charge < -0.3 is 14.8 Å². The van der Waals surface area contributed by atoms with E-state index in [1.54, 1.807) is 18.3 Å². The van der Waals surface area contributed by atoms with Crippen molar-refractivity contribution in [2.45, 2.75) is 44.8 Å². The predicted octanol–water partition coefficient (Wildman–Crippen LogP) is 3.14. The molecule has 8 heteroatoms. The molecule has 3 aromatic rings. The highest BCUT2D eigenvalue weighted by Crippen LogP contribution is 2.35. The number of aromatic nitrogens is 4. The van der Waals surface area contributed by atoms with Crippen LogP contribution in [0.5, 0.6) is 0 Å². The molecule has 2 aliphatic heterocycles. The molecule has 1 atom stereocenters. The zero-order valence-electron chi connectivity index (χ0n) is 16.9. The van der Waals surface area contributed by atoms with Crippen LogP contribution in [0.1, 0.15) is 31.0 Å². The number of aromatic amines is 1. The zero-order chi connectivity index (χ0) is 19.8. The highest BCUT2D eigenvalue weighted by molar-refractivity contribution is 7.96. The molecule has 152 valence electrons. The van der Waals surface area contributed by atoms with Crippen LogP contribution in [0.2, 0.25) is 0 Å². The minimum atomic E-state index is 0.377. The van der Waals surface area contributed by atoms with Gasteiger partial charge in [-0.15, -0.1) is 0 Å². The summed E-state index contributed by atoms with van der Waals surface area (Å²) in [5, 5.41) is 1.17. The van der Waals surface area contributed by atoms with Gasteiger partial charge in [0.15, 0.2) is 0 Å². The van der Waals surface area contributed by atoms with Gasteiger partial charge in [0.1, 0.15) is 17.8 Å². The van der Waals surface area contributed by atoms with Crippen molar-refractivity contribution >= 4 is 34.5 Å². The topological polar surface area (TPSA) is 73.0 Å². The van der Waals surface area contributed by atoms with E-state index < -0.39 is 0 Å². The van der Waals surface area contributed by atoms with Crippen LogP contribution in [0.3, 0.4) is 0 Å². The van der Waals surface area contributed by atoms with E-state index in [2.05, 4.69) is 54.8 Å². The van der Waals surface area contributed by atoms with Gasteiger partial charge >= 0.3 is 0 Å². The van der Waals surface area contributed by atoms with Crippen molar-refractivity contribution in [1.82, 2.24) is 24.7 Å². The Morgan fingerprint density at radius 1 is 1.17 bits per heavy atom. The molecule has 1 fully saturated rings. The highest BCUT2D eigenvalue weighted by Gasteiger charge is 2.30. The fourth-order valence-corrected chi connectivity index (χ4v) is 5.23. The van der Waals surface area contributed by atoms with Crippen molar-refractivity contribution in [3.8, 4) is 0 Å². The first-order valence-electron chi connectivity index (χ1n) is 10.3. The number of H-pyrrole nitrogens is 1. The molecule has 1 unspecified atom stereocenters. The smallest absolute Gasteiger partial charge is 0.139 e. The lowest BCUT2D eigenvalue weighted by Crippen LogP contribution is -2.43. The fraction of sp³-hybridized carbons (Fsp3) is 0.476. The van der Waals surface area contributed by atoms with Crippen molar-refractivity contribution in [1.29, 1.82) is 0 Å². The lowest BCUT2D eigenvalue weighted by molar-refractivity contribution is 0.474. The summed E-state index contributed by atoms with van der Waals surface area (Å²) in [6.45, 7) is 5.19. The summed E-state index contributed by atoms with van der Waals surface area (Å²) < 4.78 is 3.51. The summed E-state index contributed by atoms with van der Waals surface area (Å²) >= 11 is 1.72. The number of anilines is 2. The van der Waals surface area contributed by atoms with Gasteiger partial charge in [-0.2, -0.15) is 0 Å². The van der Waals surface area contributed by atoms with Gasteiger partial charge in [0.05, 0.1) is 5.69 Å². The Morgan fingerprint density at radius 2 is 2.03 bits per heavy atom. The van der Waals surface area contributed by atoms with Crippen molar-refractivity contribution in [3.63, 3.8) is 0 Å². The number of piperidine rings is 1. The molecule has 0 bridgehead atoms. The third-order valence-electron chi connectivity index (χ3n) is 6.19. The normalized spacial score (nSPS) is 20.3. The first-order valence-corrected chi connectivity index (χ1v) is 11.5. The van der Waals surface area contributed by atoms with Crippen LogP contribution >= 0.6 is 11.9 Å². The SMILES string of the molecule is CSNC1CCN(c2ncnc3c2CN(c2ccnc4[nH]ccc24)C(C)C3)CC1. The second kappa shape index (κ2) is 7.84. The third kappa shape index (κ3) is 3.44. The van der Waals surface area contributed by atoms with Crippen LogP contribution in [0, 0.1) is 0 Å². The van der Waals surface area contributed by atoms with E-state index in [4.69, 9.17) is 4.98 Å². The Balaban J connectivity index is 1.45. The van der Waals surface area contributed by atoms with Crippen molar-refractivity contribution in [3.05, 3.63) is 42.1 Å². The van der Waals surface area contributed by atoms with E-state index in [-0.39, 0.29) is 0 Å². The molecule has 0 radical (unpaired) electrons. The van der Waals surface area contributed by atoms with Crippen LogP contribution in [-0.4, -0.2) is 51.4 Å². The Bertz CT molecular complexity index is 996. The maximum atomic E-state index is 4.74. The second-order valence-electron chi connectivity index (χ2n) is 7.96. The average Bonchev–Trinajstić information content (AvgIpc) is 3.23. The van der Waals surface area contributed by atoms with Crippen LogP contribution in [0.4, 0.5) is 11.5 Å². The second-order valence-corrected chi connectivity index (χ2v) is 8.60. The van der Waals surface area contributed by atoms with Gasteiger partial charge in [-0.3, -0.25) is 4.72 Å². The van der Waals surface area contributed by atoms with Gasteiger partial charge in [0.2, 0.25) is 0 Å². The number of rotatable bonds is 4. The van der Waals surface area contributed by atoms with Crippen molar-refractivity contribution in [2.24, 2.45) is 0 Å². The molecule has 2 aliphatic rings. The van der Waals surface area contributed by atoms with Crippen molar-refractivity contribution < 1.29 is 0 Å². The Labute approximate surface area is 175 Å². The number of pyridine rings is 1. The molecule has 7 nitrogen and oxygen atoms in total. The summed E-state index contributed by atoms with van der Waals surface area (Å²) in [5.74, 6) is 1.12. The van der Waals surface area contributed by atoms with Crippen LogP contribution in [-0.2, 0) is 13.0 Å². The molecule has 0 amide bonds. The monoisotopic (exact) mass is 409 g/mol. The molecule has 29 heavy (non-hydrogen) atoms. The molecule has 5 rings (SSSR count). The molecule has 3 aromatic heterocycles. The zero-order valence-corrected chi connectivity index (χ0v) is 17.7.